The summed E-state index contributed by atoms with van der Waals surface area (Å²) < 4.78 is 22.3. The van der Waals surface area contributed by atoms with E-state index in [0.29, 0.717) is 42.4 Å². The first-order valence-electron chi connectivity index (χ1n) is 10.5. The van der Waals surface area contributed by atoms with Gasteiger partial charge >= 0.3 is 0 Å². The highest BCUT2D eigenvalue weighted by Crippen LogP contribution is 2.56. The molecule has 3 aliphatic rings. The first-order chi connectivity index (χ1) is 15.0. The van der Waals surface area contributed by atoms with Crippen LogP contribution in [0.15, 0.2) is 24.3 Å². The van der Waals surface area contributed by atoms with Crippen LogP contribution in [-0.4, -0.2) is 63.0 Å². The molecule has 0 bridgehead atoms. The average molecular weight is 425 g/mol. The normalized spacial score (nSPS) is 25.8. The molecule has 1 aliphatic carbocycles. The number of hydrogen-bond acceptors (Lipinski definition) is 6. The second-order valence-electron chi connectivity index (χ2n) is 8.36. The van der Waals surface area contributed by atoms with E-state index < -0.39 is 6.10 Å². The van der Waals surface area contributed by atoms with Gasteiger partial charge in [0.1, 0.15) is 0 Å². The Balaban J connectivity index is 1.77. The Morgan fingerprint density at radius 3 is 1.94 bits per heavy atom. The summed E-state index contributed by atoms with van der Waals surface area (Å²) >= 11 is 0. The zero-order valence-electron chi connectivity index (χ0n) is 18.2. The van der Waals surface area contributed by atoms with E-state index in [1.807, 2.05) is 29.2 Å². The molecule has 2 saturated heterocycles. The van der Waals surface area contributed by atoms with Gasteiger partial charge in [-0.05, 0) is 52.9 Å². The number of aliphatic hydroxyl groups excluding tert-OH is 1. The molecular weight excluding hydrogens is 398 g/mol. The maximum atomic E-state index is 12.5. The standard InChI is InChI=1S/C24H27NO6/c1-28-18-7-12-13-8-19(29-2)21(31-4)10-15(13)23-16(14(12)9-20(18)30-3)11-25-17(24(23)27)5-6-22(25)26/h7-10,16-17,23-24,27H,5-6,11H2,1-4H3/t16-,17+,23+,24-/m1/s1. The minimum Gasteiger partial charge on any atom is -0.493 e. The minimum atomic E-state index is -0.664. The van der Waals surface area contributed by atoms with Gasteiger partial charge in [-0.15, -0.1) is 0 Å². The summed E-state index contributed by atoms with van der Waals surface area (Å²) in [6.07, 6.45) is 0.506. The van der Waals surface area contributed by atoms with Gasteiger partial charge in [-0.3, -0.25) is 4.79 Å². The minimum absolute atomic E-state index is 0.0614. The van der Waals surface area contributed by atoms with Crippen LogP contribution in [0.25, 0.3) is 11.1 Å². The SMILES string of the molecule is COc1cc2c(cc1OC)[C@@H]1[C@H](O)[C@@H]3CCC(=O)N3C[C@@H]1c1cc(OC)c(OC)cc1-2. The maximum absolute atomic E-state index is 12.5. The molecule has 1 N–H and O–H groups in total. The smallest absolute Gasteiger partial charge is 0.223 e. The van der Waals surface area contributed by atoms with Crippen molar-refractivity contribution in [3.8, 4) is 34.1 Å². The number of piperidine rings is 1. The van der Waals surface area contributed by atoms with Crippen molar-refractivity contribution in [1.82, 2.24) is 4.90 Å². The summed E-state index contributed by atoms with van der Waals surface area (Å²) in [5.74, 6) is 2.41. The highest BCUT2D eigenvalue weighted by atomic mass is 16.5. The molecule has 7 nitrogen and oxygen atoms in total. The number of hydrogen-bond donors (Lipinski definition) is 1. The van der Waals surface area contributed by atoms with Gasteiger partial charge in [-0.1, -0.05) is 0 Å². The summed E-state index contributed by atoms with van der Waals surface area (Å²) in [4.78, 5) is 14.4. The molecule has 4 atom stereocenters. The Hall–Kier alpha value is -2.93. The van der Waals surface area contributed by atoms with Crippen molar-refractivity contribution in [1.29, 1.82) is 0 Å². The highest BCUT2D eigenvalue weighted by Gasteiger charge is 2.51. The fraction of sp³-hybridized carbons (Fsp3) is 0.458. The molecule has 0 radical (unpaired) electrons. The van der Waals surface area contributed by atoms with Crippen LogP contribution in [0.4, 0.5) is 0 Å². The Morgan fingerprint density at radius 2 is 1.35 bits per heavy atom. The van der Waals surface area contributed by atoms with Gasteiger partial charge in [0, 0.05) is 24.8 Å². The lowest BCUT2D eigenvalue weighted by atomic mass is 9.65. The summed E-state index contributed by atoms with van der Waals surface area (Å²) in [6.45, 7) is 0.571. The number of methoxy groups -OCH3 is 4. The van der Waals surface area contributed by atoms with Crippen molar-refractivity contribution in [2.45, 2.75) is 36.8 Å². The monoisotopic (exact) mass is 425 g/mol. The molecule has 0 spiro atoms. The first-order valence-corrected chi connectivity index (χ1v) is 10.5. The van der Waals surface area contributed by atoms with Crippen LogP contribution < -0.4 is 18.9 Å². The van der Waals surface area contributed by atoms with Crippen LogP contribution in [0, 0.1) is 0 Å². The third-order valence-electron chi connectivity index (χ3n) is 7.12. The molecule has 2 aromatic carbocycles. The molecule has 2 aliphatic heterocycles. The van der Waals surface area contributed by atoms with Gasteiger partial charge in [0.05, 0.1) is 40.6 Å². The number of aliphatic hydroxyl groups is 1. The van der Waals surface area contributed by atoms with E-state index in [9.17, 15) is 9.90 Å². The molecule has 164 valence electrons. The Morgan fingerprint density at radius 1 is 0.839 bits per heavy atom. The van der Waals surface area contributed by atoms with Crippen LogP contribution in [0.3, 0.4) is 0 Å². The van der Waals surface area contributed by atoms with E-state index in [4.69, 9.17) is 18.9 Å². The van der Waals surface area contributed by atoms with Crippen molar-refractivity contribution >= 4 is 5.91 Å². The third kappa shape index (κ3) is 2.79. The summed E-state index contributed by atoms with van der Waals surface area (Å²) in [7, 11) is 6.45. The Labute approximate surface area is 181 Å². The average Bonchev–Trinajstić information content (AvgIpc) is 3.18. The van der Waals surface area contributed by atoms with Crippen molar-refractivity contribution < 1.29 is 28.8 Å². The van der Waals surface area contributed by atoms with E-state index in [1.165, 1.54) is 0 Å². The van der Waals surface area contributed by atoms with Gasteiger partial charge in [0.2, 0.25) is 5.91 Å². The molecule has 0 aromatic heterocycles. The topological polar surface area (TPSA) is 77.5 Å². The number of amides is 1. The first kappa shape index (κ1) is 20.0. The van der Waals surface area contributed by atoms with E-state index in [0.717, 1.165) is 22.3 Å². The number of carbonyl (C=O) groups excluding carboxylic acids is 1. The molecule has 0 saturated carbocycles. The predicted octanol–water partition coefficient (Wildman–Crippen LogP) is 2.93. The quantitative estimate of drug-likeness (QED) is 0.812. The third-order valence-corrected chi connectivity index (χ3v) is 7.12. The molecule has 2 fully saturated rings. The summed E-state index contributed by atoms with van der Waals surface area (Å²) in [5, 5.41) is 11.5. The number of rotatable bonds is 4. The lowest BCUT2D eigenvalue weighted by Gasteiger charge is -2.48. The molecule has 5 rings (SSSR count). The van der Waals surface area contributed by atoms with E-state index in [2.05, 4.69) is 0 Å². The number of nitrogens with zero attached hydrogens (tertiary/aromatic N) is 1. The molecule has 2 aromatic rings. The van der Waals surface area contributed by atoms with Crippen molar-refractivity contribution in [3.63, 3.8) is 0 Å². The van der Waals surface area contributed by atoms with Crippen LogP contribution in [0.1, 0.15) is 35.8 Å². The number of ether oxygens (including phenoxy) is 4. The molecule has 0 unspecified atom stereocenters. The second-order valence-corrected chi connectivity index (χ2v) is 8.36. The maximum Gasteiger partial charge on any atom is 0.223 e. The molecular formula is C24H27NO6. The largest absolute Gasteiger partial charge is 0.493 e. The lowest BCUT2D eigenvalue weighted by molar-refractivity contribution is -0.133. The number of fused-ring (bicyclic) bond motifs is 7. The van der Waals surface area contributed by atoms with Crippen molar-refractivity contribution in [3.05, 3.63) is 35.4 Å². The molecule has 7 heteroatoms. The summed E-state index contributed by atoms with van der Waals surface area (Å²) in [6, 6.07) is 7.74. The highest BCUT2D eigenvalue weighted by molar-refractivity contribution is 5.83. The zero-order valence-corrected chi connectivity index (χ0v) is 18.2. The lowest BCUT2D eigenvalue weighted by Crippen LogP contribution is -2.53. The van der Waals surface area contributed by atoms with Crippen LogP contribution in [-0.2, 0) is 4.79 Å². The molecule has 31 heavy (non-hydrogen) atoms. The van der Waals surface area contributed by atoms with Gasteiger partial charge in [0.15, 0.2) is 23.0 Å². The summed E-state index contributed by atoms with van der Waals surface area (Å²) in [5.41, 5.74) is 4.02. The van der Waals surface area contributed by atoms with Crippen LogP contribution >= 0.6 is 0 Å². The second kappa shape index (κ2) is 7.34. The zero-order chi connectivity index (χ0) is 21.9. The van der Waals surface area contributed by atoms with Crippen molar-refractivity contribution in [2.75, 3.05) is 35.0 Å². The Kier molecular flexibility index (Phi) is 4.73. The van der Waals surface area contributed by atoms with Gasteiger partial charge in [-0.25, -0.2) is 0 Å². The predicted molar refractivity (Wildman–Crippen MR) is 114 cm³/mol. The van der Waals surface area contributed by atoms with E-state index >= 15 is 0 Å². The van der Waals surface area contributed by atoms with Gasteiger partial charge < -0.3 is 29.0 Å². The van der Waals surface area contributed by atoms with Gasteiger partial charge in [-0.2, -0.15) is 0 Å². The number of benzene rings is 2. The van der Waals surface area contributed by atoms with Crippen molar-refractivity contribution in [2.24, 2.45) is 0 Å². The fourth-order valence-electron chi connectivity index (χ4n) is 5.68. The number of carbonyl (C=O) groups is 1. The van der Waals surface area contributed by atoms with E-state index in [-0.39, 0.29) is 23.8 Å². The fourth-order valence-corrected chi connectivity index (χ4v) is 5.68. The molecule has 2 heterocycles. The van der Waals surface area contributed by atoms with Crippen LogP contribution in [0.5, 0.6) is 23.0 Å². The van der Waals surface area contributed by atoms with E-state index in [1.54, 1.807) is 28.4 Å². The van der Waals surface area contributed by atoms with Gasteiger partial charge in [0.25, 0.3) is 0 Å². The molecule has 1 amide bonds. The Bertz CT molecular complexity index is 1050. The van der Waals surface area contributed by atoms with Crippen LogP contribution in [0.2, 0.25) is 0 Å².